The van der Waals surface area contributed by atoms with Gasteiger partial charge in [-0.1, -0.05) is 19.1 Å². The van der Waals surface area contributed by atoms with Crippen LogP contribution >= 0.6 is 12.4 Å². The number of carbonyl (C=O) groups excluding carboxylic acids is 2. The fourth-order valence-corrected chi connectivity index (χ4v) is 2.75. The number of carbonyl (C=O) groups is 2. The number of hydrogen-bond donors (Lipinski definition) is 2. The first kappa shape index (κ1) is 19.5. The Labute approximate surface area is 144 Å². The molecule has 1 saturated heterocycles. The third-order valence-electron chi connectivity index (χ3n) is 4.01. The van der Waals surface area contributed by atoms with Crippen LogP contribution in [0.5, 0.6) is 0 Å². The highest BCUT2D eigenvalue weighted by Gasteiger charge is 2.26. The molecule has 1 atom stereocenters. The van der Waals surface area contributed by atoms with E-state index in [0.29, 0.717) is 6.54 Å². The van der Waals surface area contributed by atoms with Gasteiger partial charge in [0.15, 0.2) is 0 Å². The molecule has 0 saturated carbocycles. The van der Waals surface area contributed by atoms with E-state index in [4.69, 9.17) is 0 Å². The summed E-state index contributed by atoms with van der Waals surface area (Å²) in [7, 11) is 0. The number of piperidine rings is 1. The predicted octanol–water partition coefficient (Wildman–Crippen LogP) is 2.41. The molecule has 1 fully saturated rings. The van der Waals surface area contributed by atoms with Crippen LogP contribution in [0.4, 0.5) is 5.69 Å². The lowest BCUT2D eigenvalue weighted by atomic mass is 9.97. The first-order chi connectivity index (χ1) is 10.6. The summed E-state index contributed by atoms with van der Waals surface area (Å²) >= 11 is 0. The van der Waals surface area contributed by atoms with Gasteiger partial charge in [0, 0.05) is 32.2 Å². The van der Waals surface area contributed by atoms with Crippen LogP contribution in [0.25, 0.3) is 0 Å². The zero-order valence-electron chi connectivity index (χ0n) is 13.8. The van der Waals surface area contributed by atoms with Crippen molar-refractivity contribution in [2.45, 2.75) is 33.2 Å². The molecule has 2 rings (SSSR count). The van der Waals surface area contributed by atoms with E-state index in [1.807, 2.05) is 24.3 Å². The van der Waals surface area contributed by atoms with E-state index in [2.05, 4.69) is 17.6 Å². The quantitative estimate of drug-likeness (QED) is 0.866. The highest BCUT2D eigenvalue weighted by atomic mass is 35.5. The van der Waals surface area contributed by atoms with Gasteiger partial charge in [-0.3, -0.25) is 9.59 Å². The zero-order valence-corrected chi connectivity index (χ0v) is 14.6. The average molecular weight is 340 g/mol. The fraction of sp³-hybridized carbons (Fsp3) is 0.529. The lowest BCUT2D eigenvalue weighted by molar-refractivity contribution is -0.132. The average Bonchev–Trinajstić information content (AvgIpc) is 2.53. The van der Waals surface area contributed by atoms with Crippen molar-refractivity contribution < 1.29 is 9.59 Å². The number of benzene rings is 1. The molecule has 1 heterocycles. The van der Waals surface area contributed by atoms with E-state index in [9.17, 15) is 9.59 Å². The predicted molar refractivity (Wildman–Crippen MR) is 94.7 cm³/mol. The highest BCUT2D eigenvalue weighted by Crippen LogP contribution is 2.19. The normalized spacial score (nSPS) is 17.3. The summed E-state index contributed by atoms with van der Waals surface area (Å²) in [5.74, 6) is -0.0632. The van der Waals surface area contributed by atoms with Crippen LogP contribution < -0.4 is 10.6 Å². The molecule has 23 heavy (non-hydrogen) atoms. The molecule has 2 amide bonds. The molecule has 0 radical (unpaired) electrons. The second kappa shape index (κ2) is 9.53. The van der Waals surface area contributed by atoms with Gasteiger partial charge in [0.2, 0.25) is 11.8 Å². The highest BCUT2D eigenvalue weighted by molar-refractivity contribution is 5.93. The molecular formula is C17H26ClN3O2. The van der Waals surface area contributed by atoms with Gasteiger partial charge >= 0.3 is 0 Å². The summed E-state index contributed by atoms with van der Waals surface area (Å²) in [5, 5.41) is 6.25. The van der Waals surface area contributed by atoms with Gasteiger partial charge in [-0.2, -0.15) is 0 Å². The van der Waals surface area contributed by atoms with Crippen molar-refractivity contribution in [1.29, 1.82) is 0 Å². The van der Waals surface area contributed by atoms with E-state index in [0.717, 1.165) is 43.7 Å². The molecule has 0 aliphatic carbocycles. The van der Waals surface area contributed by atoms with Gasteiger partial charge in [0.25, 0.3) is 0 Å². The van der Waals surface area contributed by atoms with Crippen LogP contribution in [0, 0.1) is 5.92 Å². The molecule has 0 aromatic heterocycles. The topological polar surface area (TPSA) is 61.4 Å². The minimum Gasteiger partial charge on any atom is -0.342 e. The molecule has 6 heteroatoms. The Kier molecular flexibility index (Phi) is 8.06. The van der Waals surface area contributed by atoms with Crippen molar-refractivity contribution in [3.05, 3.63) is 29.8 Å². The van der Waals surface area contributed by atoms with Gasteiger partial charge in [-0.25, -0.2) is 0 Å². The Bertz CT molecular complexity index is 536. The molecule has 0 spiro atoms. The summed E-state index contributed by atoms with van der Waals surface area (Å²) in [6.45, 7) is 6.62. The lowest BCUT2D eigenvalue weighted by Gasteiger charge is -2.31. The Morgan fingerprint density at radius 1 is 1.35 bits per heavy atom. The van der Waals surface area contributed by atoms with Crippen LogP contribution in [-0.2, 0) is 16.1 Å². The molecular weight excluding hydrogens is 314 g/mol. The van der Waals surface area contributed by atoms with Crippen LogP contribution in [-0.4, -0.2) is 36.3 Å². The summed E-state index contributed by atoms with van der Waals surface area (Å²) < 4.78 is 0. The first-order valence-corrected chi connectivity index (χ1v) is 7.96. The van der Waals surface area contributed by atoms with Gasteiger partial charge in [0.1, 0.15) is 0 Å². The van der Waals surface area contributed by atoms with E-state index in [1.54, 1.807) is 11.8 Å². The monoisotopic (exact) mass is 339 g/mol. The molecule has 0 bridgehead atoms. The summed E-state index contributed by atoms with van der Waals surface area (Å²) in [4.78, 5) is 25.6. The number of nitrogens with zero attached hydrogens (tertiary/aromatic N) is 1. The maximum absolute atomic E-state index is 12.4. The number of amides is 2. The second-order valence-electron chi connectivity index (χ2n) is 5.77. The Balaban J connectivity index is 0.00000264. The van der Waals surface area contributed by atoms with Crippen LogP contribution in [0.2, 0.25) is 0 Å². The van der Waals surface area contributed by atoms with Crippen molar-refractivity contribution in [2.24, 2.45) is 5.92 Å². The Hall–Kier alpha value is -1.59. The van der Waals surface area contributed by atoms with Crippen molar-refractivity contribution in [3.8, 4) is 0 Å². The molecule has 1 unspecified atom stereocenters. The smallest absolute Gasteiger partial charge is 0.229 e. The Morgan fingerprint density at radius 2 is 2.13 bits per heavy atom. The zero-order chi connectivity index (χ0) is 15.9. The van der Waals surface area contributed by atoms with Crippen LogP contribution in [0.1, 0.15) is 32.3 Å². The molecule has 5 nitrogen and oxygen atoms in total. The van der Waals surface area contributed by atoms with E-state index >= 15 is 0 Å². The third kappa shape index (κ3) is 5.84. The van der Waals surface area contributed by atoms with E-state index in [-0.39, 0.29) is 30.1 Å². The minimum atomic E-state index is -0.116. The SMILES string of the molecule is CCNCc1cccc(NC(=O)C2CCCN(C(C)=O)C2)c1.Cl. The van der Waals surface area contributed by atoms with Crippen molar-refractivity contribution in [3.63, 3.8) is 0 Å². The summed E-state index contributed by atoms with van der Waals surface area (Å²) in [6.07, 6.45) is 1.73. The van der Waals surface area contributed by atoms with Gasteiger partial charge in [0.05, 0.1) is 5.92 Å². The summed E-state index contributed by atoms with van der Waals surface area (Å²) in [6, 6.07) is 7.88. The lowest BCUT2D eigenvalue weighted by Crippen LogP contribution is -2.42. The van der Waals surface area contributed by atoms with Crippen LogP contribution in [0.3, 0.4) is 0 Å². The third-order valence-corrected chi connectivity index (χ3v) is 4.01. The molecule has 128 valence electrons. The van der Waals surface area contributed by atoms with Gasteiger partial charge in [-0.05, 0) is 37.1 Å². The van der Waals surface area contributed by atoms with E-state index < -0.39 is 0 Å². The fourth-order valence-electron chi connectivity index (χ4n) is 2.75. The number of likely N-dealkylation sites (tertiary alicyclic amines) is 1. The molecule has 1 aromatic carbocycles. The standard InChI is InChI=1S/C17H25N3O2.ClH/c1-3-18-11-14-6-4-8-16(10-14)19-17(22)15-7-5-9-20(12-15)13(2)21;/h4,6,8,10,15,18H,3,5,7,9,11-12H2,1-2H3,(H,19,22);1H. The van der Waals surface area contributed by atoms with Gasteiger partial charge < -0.3 is 15.5 Å². The maximum Gasteiger partial charge on any atom is 0.229 e. The van der Waals surface area contributed by atoms with Crippen molar-refractivity contribution in [2.75, 3.05) is 25.0 Å². The molecule has 1 aliphatic heterocycles. The maximum atomic E-state index is 12.4. The number of rotatable bonds is 5. The van der Waals surface area contributed by atoms with Crippen LogP contribution in [0.15, 0.2) is 24.3 Å². The molecule has 2 N–H and O–H groups in total. The minimum absolute atomic E-state index is 0. The number of halogens is 1. The Morgan fingerprint density at radius 3 is 2.83 bits per heavy atom. The summed E-state index contributed by atoms with van der Waals surface area (Å²) in [5.41, 5.74) is 1.97. The number of anilines is 1. The molecule has 1 aliphatic rings. The van der Waals surface area contributed by atoms with Crippen molar-refractivity contribution >= 4 is 29.9 Å². The second-order valence-corrected chi connectivity index (χ2v) is 5.77. The van der Waals surface area contributed by atoms with Gasteiger partial charge in [-0.15, -0.1) is 12.4 Å². The number of nitrogens with one attached hydrogen (secondary N) is 2. The molecule has 1 aromatic rings. The largest absolute Gasteiger partial charge is 0.342 e. The van der Waals surface area contributed by atoms with E-state index in [1.165, 1.54) is 0 Å². The number of hydrogen-bond acceptors (Lipinski definition) is 3. The first-order valence-electron chi connectivity index (χ1n) is 7.96. The van der Waals surface area contributed by atoms with Crippen molar-refractivity contribution in [1.82, 2.24) is 10.2 Å².